The van der Waals surface area contributed by atoms with E-state index in [1.165, 1.54) is 17.2 Å². The molecule has 1 heterocycles. The molecule has 20 heavy (non-hydrogen) atoms. The highest BCUT2D eigenvalue weighted by atomic mass is 35.5. The quantitative estimate of drug-likeness (QED) is 0.937. The van der Waals surface area contributed by atoms with Crippen LogP contribution in [0.4, 0.5) is 0 Å². The molecule has 0 bridgehead atoms. The molecule has 1 N–H and O–H groups in total. The first-order valence-electron chi connectivity index (χ1n) is 6.72. The predicted octanol–water partition coefficient (Wildman–Crippen LogP) is 3.68. The zero-order valence-corrected chi connectivity index (χ0v) is 11.9. The van der Waals surface area contributed by atoms with E-state index < -0.39 is 0 Å². The van der Waals surface area contributed by atoms with Crippen LogP contribution in [0.5, 0.6) is 17.4 Å². The molecule has 1 aromatic heterocycles. The Kier molecular flexibility index (Phi) is 3.49. The lowest BCUT2D eigenvalue weighted by atomic mass is 10.0. The molecule has 0 saturated carbocycles. The lowest BCUT2D eigenvalue weighted by molar-refractivity contribution is 0.387. The van der Waals surface area contributed by atoms with Gasteiger partial charge in [0.25, 0.3) is 5.88 Å². The highest BCUT2D eigenvalue weighted by Gasteiger charge is 2.20. The van der Waals surface area contributed by atoms with E-state index in [-0.39, 0.29) is 16.8 Å². The molecule has 1 aliphatic rings. The van der Waals surface area contributed by atoms with Crippen molar-refractivity contribution in [3.63, 3.8) is 0 Å². The van der Waals surface area contributed by atoms with Crippen molar-refractivity contribution < 1.29 is 9.84 Å². The number of fused-ring (bicyclic) bond motifs is 1. The third kappa shape index (κ3) is 2.31. The average molecular weight is 291 g/mol. The molecule has 0 fully saturated rings. The maximum atomic E-state index is 9.85. The van der Waals surface area contributed by atoms with E-state index in [9.17, 15) is 5.11 Å². The standard InChI is InChI=1S/C15H15ClN2O2/c1-2-9-6-7-10-4-3-5-11(10)14(9)20-15-12(19)8-13(16)17-18-15/h6-8H,2-5H2,1H3,(H,17,19). The summed E-state index contributed by atoms with van der Waals surface area (Å²) in [6.07, 6.45) is 4.08. The Morgan fingerprint density at radius 2 is 2.15 bits per heavy atom. The van der Waals surface area contributed by atoms with Crippen LogP contribution in [0.3, 0.4) is 0 Å². The maximum Gasteiger partial charge on any atom is 0.281 e. The van der Waals surface area contributed by atoms with Crippen molar-refractivity contribution in [2.24, 2.45) is 0 Å². The molecule has 0 unspecified atom stereocenters. The van der Waals surface area contributed by atoms with Gasteiger partial charge in [-0.3, -0.25) is 0 Å². The summed E-state index contributed by atoms with van der Waals surface area (Å²) in [4.78, 5) is 0. The molecule has 104 valence electrons. The second kappa shape index (κ2) is 5.29. The first kappa shape index (κ1) is 13.2. The summed E-state index contributed by atoms with van der Waals surface area (Å²) in [5.74, 6) is 0.821. The number of nitrogens with zero attached hydrogens (tertiary/aromatic N) is 2. The highest BCUT2D eigenvalue weighted by molar-refractivity contribution is 6.29. The molecule has 0 atom stereocenters. The number of aryl methyl sites for hydroxylation is 2. The van der Waals surface area contributed by atoms with Crippen LogP contribution in [0, 0.1) is 0 Å². The Balaban J connectivity index is 2.03. The number of rotatable bonds is 3. The molecule has 0 spiro atoms. The molecule has 0 amide bonds. The maximum absolute atomic E-state index is 9.85. The van der Waals surface area contributed by atoms with Gasteiger partial charge in [0.05, 0.1) is 0 Å². The van der Waals surface area contributed by atoms with Crippen LogP contribution in [0.25, 0.3) is 0 Å². The van der Waals surface area contributed by atoms with Crippen LogP contribution < -0.4 is 4.74 Å². The van der Waals surface area contributed by atoms with Gasteiger partial charge in [-0.2, -0.15) is 0 Å². The van der Waals surface area contributed by atoms with E-state index >= 15 is 0 Å². The summed E-state index contributed by atoms with van der Waals surface area (Å²) in [6.45, 7) is 2.08. The number of benzene rings is 1. The third-order valence-corrected chi connectivity index (χ3v) is 3.79. The number of hydrogen-bond acceptors (Lipinski definition) is 4. The number of halogens is 1. The summed E-state index contributed by atoms with van der Waals surface area (Å²) in [5, 5.41) is 17.5. The van der Waals surface area contributed by atoms with Gasteiger partial charge in [-0.05, 0) is 42.4 Å². The monoisotopic (exact) mass is 290 g/mol. The molecule has 3 rings (SSSR count). The Morgan fingerprint density at radius 3 is 2.90 bits per heavy atom. The summed E-state index contributed by atoms with van der Waals surface area (Å²) >= 11 is 5.68. The lowest BCUT2D eigenvalue weighted by Crippen LogP contribution is -1.99. The van der Waals surface area contributed by atoms with Gasteiger partial charge in [0.1, 0.15) is 5.75 Å². The Bertz CT molecular complexity index is 659. The minimum atomic E-state index is -0.0948. The molecule has 0 radical (unpaired) electrons. The molecule has 4 nitrogen and oxygen atoms in total. The van der Waals surface area contributed by atoms with Crippen LogP contribution in [-0.2, 0) is 19.3 Å². The Morgan fingerprint density at radius 1 is 1.30 bits per heavy atom. The molecule has 1 aliphatic carbocycles. The molecule has 1 aromatic carbocycles. The molecule has 2 aromatic rings. The van der Waals surface area contributed by atoms with E-state index in [2.05, 4.69) is 29.3 Å². The number of ether oxygens (including phenoxy) is 1. The molecule has 0 saturated heterocycles. The van der Waals surface area contributed by atoms with Crippen LogP contribution in [0.1, 0.15) is 30.0 Å². The molecular weight excluding hydrogens is 276 g/mol. The smallest absolute Gasteiger partial charge is 0.281 e. The van der Waals surface area contributed by atoms with Crippen LogP contribution in [0.15, 0.2) is 18.2 Å². The zero-order valence-electron chi connectivity index (χ0n) is 11.2. The number of aromatic nitrogens is 2. The van der Waals surface area contributed by atoms with E-state index in [1.54, 1.807) is 0 Å². The second-order valence-electron chi connectivity index (χ2n) is 4.86. The van der Waals surface area contributed by atoms with Gasteiger partial charge in [0, 0.05) is 6.07 Å². The van der Waals surface area contributed by atoms with Gasteiger partial charge in [-0.15, -0.1) is 10.2 Å². The van der Waals surface area contributed by atoms with Gasteiger partial charge >= 0.3 is 0 Å². The van der Waals surface area contributed by atoms with Crippen molar-refractivity contribution in [2.45, 2.75) is 32.6 Å². The number of aromatic hydroxyl groups is 1. The van der Waals surface area contributed by atoms with Gasteiger partial charge in [-0.1, -0.05) is 30.7 Å². The molecule has 5 heteroatoms. The SMILES string of the molecule is CCc1ccc2c(c1Oc1nnc(Cl)cc1O)CCC2. The van der Waals surface area contributed by atoms with Gasteiger partial charge in [0.2, 0.25) is 0 Å². The van der Waals surface area contributed by atoms with Crippen LogP contribution in [0.2, 0.25) is 5.15 Å². The molecular formula is C15H15ClN2O2. The summed E-state index contributed by atoms with van der Waals surface area (Å²) in [5.41, 5.74) is 3.65. The van der Waals surface area contributed by atoms with Gasteiger partial charge in [0.15, 0.2) is 10.9 Å². The predicted molar refractivity (Wildman–Crippen MR) is 76.6 cm³/mol. The van der Waals surface area contributed by atoms with Crippen molar-refractivity contribution in [3.8, 4) is 17.4 Å². The lowest BCUT2D eigenvalue weighted by Gasteiger charge is -2.14. The van der Waals surface area contributed by atoms with E-state index in [0.717, 1.165) is 37.0 Å². The summed E-state index contributed by atoms with van der Waals surface area (Å²) in [7, 11) is 0. The minimum absolute atomic E-state index is 0.0948. The van der Waals surface area contributed by atoms with Crippen LogP contribution >= 0.6 is 11.6 Å². The first-order chi connectivity index (χ1) is 9.69. The van der Waals surface area contributed by atoms with Crippen molar-refractivity contribution >= 4 is 11.6 Å². The molecule has 0 aliphatic heterocycles. The van der Waals surface area contributed by atoms with Crippen molar-refractivity contribution in [3.05, 3.63) is 40.0 Å². The first-order valence-corrected chi connectivity index (χ1v) is 7.10. The Labute approximate surface area is 122 Å². The summed E-state index contributed by atoms with van der Waals surface area (Å²) in [6, 6.07) is 5.58. The van der Waals surface area contributed by atoms with E-state index in [1.807, 2.05) is 0 Å². The number of hydrogen-bond donors (Lipinski definition) is 1. The van der Waals surface area contributed by atoms with E-state index in [0.29, 0.717) is 0 Å². The third-order valence-electron chi connectivity index (χ3n) is 3.60. The van der Waals surface area contributed by atoms with Gasteiger partial charge in [-0.25, -0.2) is 0 Å². The highest BCUT2D eigenvalue weighted by Crippen LogP contribution is 2.38. The minimum Gasteiger partial charge on any atom is -0.503 e. The van der Waals surface area contributed by atoms with Crippen molar-refractivity contribution in [2.75, 3.05) is 0 Å². The topological polar surface area (TPSA) is 55.2 Å². The Hall–Kier alpha value is -1.81. The van der Waals surface area contributed by atoms with Gasteiger partial charge < -0.3 is 9.84 Å². The fourth-order valence-corrected chi connectivity index (χ4v) is 2.74. The normalized spacial score (nSPS) is 13.3. The largest absolute Gasteiger partial charge is 0.503 e. The fraction of sp³-hybridized carbons (Fsp3) is 0.333. The van der Waals surface area contributed by atoms with Crippen molar-refractivity contribution in [1.29, 1.82) is 0 Å². The fourth-order valence-electron chi connectivity index (χ4n) is 2.60. The van der Waals surface area contributed by atoms with E-state index in [4.69, 9.17) is 16.3 Å². The average Bonchev–Trinajstić information content (AvgIpc) is 2.90. The summed E-state index contributed by atoms with van der Waals surface area (Å²) < 4.78 is 5.85. The zero-order chi connectivity index (χ0) is 14.1. The van der Waals surface area contributed by atoms with Crippen molar-refractivity contribution in [1.82, 2.24) is 10.2 Å². The van der Waals surface area contributed by atoms with Crippen LogP contribution in [-0.4, -0.2) is 15.3 Å². The second-order valence-corrected chi connectivity index (χ2v) is 5.25.